The maximum atomic E-state index is 13.6. The molecule has 3 heterocycles. The summed E-state index contributed by atoms with van der Waals surface area (Å²) in [4.78, 5) is 20.1. The van der Waals surface area contributed by atoms with Crippen LogP contribution in [-0.2, 0) is 0 Å². The Kier molecular flexibility index (Phi) is 4.89. The number of hydrogen-bond acceptors (Lipinski definition) is 5. The van der Waals surface area contributed by atoms with Crippen LogP contribution in [0.15, 0.2) is 34.9 Å². The lowest BCUT2D eigenvalue weighted by Crippen LogP contribution is -2.51. The molecule has 1 amide bonds. The van der Waals surface area contributed by atoms with E-state index in [-0.39, 0.29) is 18.0 Å². The van der Waals surface area contributed by atoms with Gasteiger partial charge in [0.1, 0.15) is 0 Å². The zero-order valence-electron chi connectivity index (χ0n) is 16.6. The number of nitrogens with two attached hydrogens (primary N) is 1. The van der Waals surface area contributed by atoms with E-state index in [0.717, 1.165) is 31.4 Å². The normalized spacial score (nSPS) is 18.4. The van der Waals surface area contributed by atoms with Crippen molar-refractivity contribution >= 4 is 17.0 Å². The SMILES string of the molecule is Cc1ccc(-c2cc(C(=O)N3CCCCC3C(C)N)c3c(C)noc3n2)cc1. The molecule has 0 bridgehead atoms. The molecule has 6 nitrogen and oxygen atoms in total. The van der Waals surface area contributed by atoms with Gasteiger partial charge < -0.3 is 15.2 Å². The lowest BCUT2D eigenvalue weighted by atomic mass is 9.95. The van der Waals surface area contributed by atoms with Gasteiger partial charge in [0.05, 0.1) is 22.3 Å². The number of nitrogens with zero attached hydrogens (tertiary/aromatic N) is 3. The zero-order valence-corrected chi connectivity index (χ0v) is 16.6. The Bertz CT molecular complexity index is 1010. The number of fused-ring (bicyclic) bond motifs is 1. The van der Waals surface area contributed by atoms with Gasteiger partial charge in [-0.3, -0.25) is 4.79 Å². The van der Waals surface area contributed by atoms with Gasteiger partial charge in [0.25, 0.3) is 11.6 Å². The number of aromatic nitrogens is 2. The van der Waals surface area contributed by atoms with Crippen LogP contribution in [0.25, 0.3) is 22.4 Å². The average Bonchev–Trinajstić information content (AvgIpc) is 3.08. The Morgan fingerprint density at radius 1 is 1.25 bits per heavy atom. The molecule has 0 aliphatic carbocycles. The summed E-state index contributed by atoms with van der Waals surface area (Å²) >= 11 is 0. The third-order valence-corrected chi connectivity index (χ3v) is 5.61. The standard InChI is InChI=1S/C22H26N4O2/c1-13-7-9-16(10-8-13)18-12-17(20-15(3)25-28-21(20)24-18)22(27)26-11-5-4-6-19(26)14(2)23/h7-10,12,14,19H,4-6,11,23H2,1-3H3. The summed E-state index contributed by atoms with van der Waals surface area (Å²) in [6.07, 6.45) is 3.03. The quantitative estimate of drug-likeness (QED) is 0.748. The molecule has 0 saturated carbocycles. The third kappa shape index (κ3) is 3.29. The highest BCUT2D eigenvalue weighted by Crippen LogP contribution is 2.30. The molecule has 2 atom stereocenters. The number of carbonyl (C=O) groups excluding carboxylic acids is 1. The van der Waals surface area contributed by atoms with E-state index >= 15 is 0 Å². The molecule has 2 N–H and O–H groups in total. The second kappa shape index (κ2) is 7.36. The molecule has 2 aromatic heterocycles. The molecule has 1 aromatic carbocycles. The van der Waals surface area contributed by atoms with Crippen molar-refractivity contribution in [3.63, 3.8) is 0 Å². The number of piperidine rings is 1. The van der Waals surface area contributed by atoms with E-state index in [1.54, 1.807) is 0 Å². The highest BCUT2D eigenvalue weighted by atomic mass is 16.5. The minimum atomic E-state index is -0.0679. The summed E-state index contributed by atoms with van der Waals surface area (Å²) in [5.74, 6) is -0.0194. The molecule has 0 radical (unpaired) electrons. The monoisotopic (exact) mass is 378 g/mol. The zero-order chi connectivity index (χ0) is 19.8. The van der Waals surface area contributed by atoms with Gasteiger partial charge in [-0.05, 0) is 46.1 Å². The molecule has 1 aliphatic heterocycles. The Balaban J connectivity index is 1.83. The first-order valence-electron chi connectivity index (χ1n) is 9.86. The summed E-state index contributed by atoms with van der Waals surface area (Å²) < 4.78 is 5.43. The first kappa shape index (κ1) is 18.6. The maximum absolute atomic E-state index is 13.6. The lowest BCUT2D eigenvalue weighted by molar-refractivity contribution is 0.0585. The molecule has 146 valence electrons. The molecule has 28 heavy (non-hydrogen) atoms. The van der Waals surface area contributed by atoms with Crippen LogP contribution in [0, 0.1) is 13.8 Å². The fourth-order valence-corrected chi connectivity index (χ4v) is 4.05. The highest BCUT2D eigenvalue weighted by molar-refractivity contribution is 6.07. The van der Waals surface area contributed by atoms with Gasteiger partial charge in [-0.25, -0.2) is 4.98 Å². The van der Waals surface area contributed by atoms with Crippen molar-refractivity contribution in [2.24, 2.45) is 5.73 Å². The van der Waals surface area contributed by atoms with Crippen LogP contribution in [0.2, 0.25) is 0 Å². The number of likely N-dealkylation sites (tertiary alicyclic amines) is 1. The predicted molar refractivity (Wildman–Crippen MR) is 109 cm³/mol. The molecular weight excluding hydrogens is 352 g/mol. The number of pyridine rings is 1. The Hall–Kier alpha value is -2.73. The van der Waals surface area contributed by atoms with Gasteiger partial charge in [-0.15, -0.1) is 0 Å². The van der Waals surface area contributed by atoms with E-state index in [1.807, 2.05) is 56.0 Å². The molecule has 6 heteroatoms. The largest absolute Gasteiger partial charge is 0.335 e. The smallest absolute Gasteiger partial charge is 0.259 e. The van der Waals surface area contributed by atoms with Crippen LogP contribution in [0.3, 0.4) is 0 Å². The number of benzene rings is 1. The second-order valence-corrected chi connectivity index (χ2v) is 7.79. The molecule has 3 aromatic rings. The first-order valence-corrected chi connectivity index (χ1v) is 9.86. The van der Waals surface area contributed by atoms with E-state index in [2.05, 4.69) is 10.1 Å². The van der Waals surface area contributed by atoms with Gasteiger partial charge in [-0.1, -0.05) is 35.0 Å². The van der Waals surface area contributed by atoms with Crippen molar-refractivity contribution in [3.05, 3.63) is 47.2 Å². The van der Waals surface area contributed by atoms with Crippen molar-refractivity contribution < 1.29 is 9.32 Å². The topological polar surface area (TPSA) is 85.2 Å². The van der Waals surface area contributed by atoms with Crippen molar-refractivity contribution in [1.29, 1.82) is 0 Å². The van der Waals surface area contributed by atoms with Gasteiger partial charge in [0.2, 0.25) is 0 Å². The molecule has 1 saturated heterocycles. The van der Waals surface area contributed by atoms with Gasteiger partial charge >= 0.3 is 0 Å². The van der Waals surface area contributed by atoms with Gasteiger partial charge in [0, 0.05) is 24.2 Å². The predicted octanol–water partition coefficient (Wildman–Crippen LogP) is 3.85. The molecule has 4 rings (SSSR count). The van der Waals surface area contributed by atoms with Crippen molar-refractivity contribution in [3.8, 4) is 11.3 Å². The number of aryl methyl sites for hydroxylation is 2. The molecular formula is C22H26N4O2. The minimum absolute atomic E-state index is 0.0194. The number of hydrogen-bond donors (Lipinski definition) is 1. The van der Waals surface area contributed by atoms with Crippen LogP contribution in [0.1, 0.15) is 47.8 Å². The van der Waals surface area contributed by atoms with Crippen LogP contribution in [0.5, 0.6) is 0 Å². The molecule has 1 aliphatic rings. The highest BCUT2D eigenvalue weighted by Gasteiger charge is 2.32. The number of rotatable bonds is 3. The van der Waals surface area contributed by atoms with E-state index < -0.39 is 0 Å². The first-order chi connectivity index (χ1) is 13.5. The van der Waals surface area contributed by atoms with Gasteiger partial charge in [-0.2, -0.15) is 0 Å². The lowest BCUT2D eigenvalue weighted by Gasteiger charge is -2.38. The molecule has 2 unspecified atom stereocenters. The maximum Gasteiger partial charge on any atom is 0.259 e. The van der Waals surface area contributed by atoms with E-state index in [9.17, 15) is 4.79 Å². The van der Waals surface area contributed by atoms with Crippen molar-refractivity contribution in [2.45, 2.75) is 52.1 Å². The number of amides is 1. The Labute approximate surface area is 164 Å². The summed E-state index contributed by atoms with van der Waals surface area (Å²) in [6, 6.07) is 9.93. The van der Waals surface area contributed by atoms with Crippen LogP contribution < -0.4 is 5.73 Å². The number of carbonyl (C=O) groups is 1. The van der Waals surface area contributed by atoms with E-state index in [4.69, 9.17) is 10.3 Å². The summed E-state index contributed by atoms with van der Waals surface area (Å²) in [5.41, 5.74) is 10.7. The van der Waals surface area contributed by atoms with Crippen LogP contribution in [0.4, 0.5) is 0 Å². The fourth-order valence-electron chi connectivity index (χ4n) is 4.05. The van der Waals surface area contributed by atoms with Gasteiger partial charge in [0.15, 0.2) is 0 Å². The van der Waals surface area contributed by atoms with Crippen LogP contribution in [-0.4, -0.2) is 39.6 Å². The Morgan fingerprint density at radius 3 is 2.71 bits per heavy atom. The summed E-state index contributed by atoms with van der Waals surface area (Å²) in [7, 11) is 0. The third-order valence-electron chi connectivity index (χ3n) is 5.61. The Morgan fingerprint density at radius 2 is 2.00 bits per heavy atom. The van der Waals surface area contributed by atoms with Crippen LogP contribution >= 0.6 is 0 Å². The summed E-state index contributed by atoms with van der Waals surface area (Å²) in [5, 5.41) is 4.74. The fraction of sp³-hybridized carbons (Fsp3) is 0.409. The average molecular weight is 378 g/mol. The molecule has 0 spiro atoms. The van der Waals surface area contributed by atoms with Crippen molar-refractivity contribution in [1.82, 2.24) is 15.0 Å². The molecule has 1 fully saturated rings. The van der Waals surface area contributed by atoms with E-state index in [1.165, 1.54) is 5.56 Å². The van der Waals surface area contributed by atoms with Crippen molar-refractivity contribution in [2.75, 3.05) is 6.54 Å². The summed E-state index contributed by atoms with van der Waals surface area (Å²) in [6.45, 7) is 6.58. The van der Waals surface area contributed by atoms with E-state index in [0.29, 0.717) is 28.1 Å². The minimum Gasteiger partial charge on any atom is -0.335 e. The second-order valence-electron chi connectivity index (χ2n) is 7.79.